The Bertz CT molecular complexity index is 272. The van der Waals surface area contributed by atoms with Gasteiger partial charge in [0.25, 0.3) is 0 Å². The van der Waals surface area contributed by atoms with Gasteiger partial charge < -0.3 is 24.1 Å². The fourth-order valence-electron chi connectivity index (χ4n) is 3.18. The normalized spacial score (nSPS) is 41.7. The van der Waals surface area contributed by atoms with E-state index < -0.39 is 17.3 Å². The van der Waals surface area contributed by atoms with Crippen LogP contribution in [0.15, 0.2) is 0 Å². The Balaban J connectivity index is 2.22. The molecule has 2 saturated heterocycles. The van der Waals surface area contributed by atoms with Crippen molar-refractivity contribution in [1.29, 1.82) is 0 Å². The third kappa shape index (κ3) is 2.30. The molecule has 2 aliphatic heterocycles. The van der Waals surface area contributed by atoms with Gasteiger partial charge in [-0.2, -0.15) is 0 Å². The van der Waals surface area contributed by atoms with Gasteiger partial charge in [-0.15, -0.1) is 0 Å². The van der Waals surface area contributed by atoms with Crippen LogP contribution in [0.3, 0.4) is 0 Å². The van der Waals surface area contributed by atoms with Crippen LogP contribution in [0.2, 0.25) is 0 Å². The van der Waals surface area contributed by atoms with Crippen molar-refractivity contribution in [2.45, 2.75) is 49.6 Å². The minimum absolute atomic E-state index is 0.0176. The number of hydrogen-bond acceptors (Lipinski definition) is 5. The SMILES string of the molecule is COC[C@@]1([C@@H](C)O)C[C@H]2OCCC[C@]2(COC)O1. The molecule has 106 valence electrons. The molecule has 2 heterocycles. The summed E-state index contributed by atoms with van der Waals surface area (Å²) in [5.74, 6) is 0. The van der Waals surface area contributed by atoms with Gasteiger partial charge in [0.2, 0.25) is 0 Å². The third-order valence-electron chi connectivity index (χ3n) is 4.13. The van der Waals surface area contributed by atoms with Crippen LogP contribution in [-0.2, 0) is 18.9 Å². The molecule has 0 aromatic heterocycles. The van der Waals surface area contributed by atoms with Gasteiger partial charge in [-0.25, -0.2) is 0 Å². The van der Waals surface area contributed by atoms with Gasteiger partial charge in [0.1, 0.15) is 11.2 Å². The molecule has 0 aromatic rings. The molecule has 4 atom stereocenters. The number of aliphatic hydroxyl groups excluding tert-OH is 1. The summed E-state index contributed by atoms with van der Waals surface area (Å²) in [6.07, 6.45) is 1.91. The Morgan fingerprint density at radius 2 is 2.06 bits per heavy atom. The maximum atomic E-state index is 10.1. The van der Waals surface area contributed by atoms with Crippen LogP contribution in [0.25, 0.3) is 0 Å². The lowest BCUT2D eigenvalue weighted by Crippen LogP contribution is -2.50. The van der Waals surface area contributed by atoms with E-state index in [1.807, 2.05) is 0 Å². The van der Waals surface area contributed by atoms with E-state index in [4.69, 9.17) is 18.9 Å². The van der Waals surface area contributed by atoms with Crippen molar-refractivity contribution < 1.29 is 24.1 Å². The quantitative estimate of drug-likeness (QED) is 0.790. The molecule has 0 radical (unpaired) electrons. The summed E-state index contributed by atoms with van der Waals surface area (Å²) < 4.78 is 22.6. The molecule has 2 fully saturated rings. The minimum Gasteiger partial charge on any atom is -0.390 e. The zero-order chi connectivity index (χ0) is 13.2. The van der Waals surface area contributed by atoms with Crippen molar-refractivity contribution >= 4 is 0 Å². The van der Waals surface area contributed by atoms with Crippen LogP contribution in [0.4, 0.5) is 0 Å². The van der Waals surface area contributed by atoms with Crippen LogP contribution >= 0.6 is 0 Å². The van der Waals surface area contributed by atoms with Gasteiger partial charge in [0.15, 0.2) is 0 Å². The third-order valence-corrected chi connectivity index (χ3v) is 4.13. The van der Waals surface area contributed by atoms with E-state index in [-0.39, 0.29) is 6.10 Å². The summed E-state index contributed by atoms with van der Waals surface area (Å²) >= 11 is 0. The molecule has 5 heteroatoms. The number of ether oxygens (including phenoxy) is 4. The van der Waals surface area contributed by atoms with Gasteiger partial charge in [-0.3, -0.25) is 0 Å². The monoisotopic (exact) mass is 260 g/mol. The van der Waals surface area contributed by atoms with Crippen LogP contribution in [0, 0.1) is 0 Å². The fourth-order valence-corrected chi connectivity index (χ4v) is 3.18. The Hall–Kier alpha value is -0.200. The standard InChI is InChI=1S/C13H24O5/c1-10(14)13(9-16-3)7-11-12(18-13,8-15-2)5-4-6-17-11/h10-11,14H,4-9H2,1-3H3/t10-,11-,12-,13-/m1/s1. The highest BCUT2D eigenvalue weighted by Gasteiger charge is 2.59. The number of aliphatic hydroxyl groups is 1. The first-order chi connectivity index (χ1) is 8.58. The van der Waals surface area contributed by atoms with Gasteiger partial charge in [-0.1, -0.05) is 0 Å². The van der Waals surface area contributed by atoms with Crippen molar-refractivity contribution in [2.24, 2.45) is 0 Å². The van der Waals surface area contributed by atoms with Crippen LogP contribution in [0.1, 0.15) is 26.2 Å². The maximum absolute atomic E-state index is 10.1. The van der Waals surface area contributed by atoms with Gasteiger partial charge in [0.05, 0.1) is 25.4 Å². The number of methoxy groups -OCH3 is 2. The highest BCUT2D eigenvalue weighted by molar-refractivity contribution is 5.07. The Kier molecular flexibility index (Phi) is 4.29. The second-order valence-electron chi connectivity index (χ2n) is 5.44. The topological polar surface area (TPSA) is 57.2 Å². The summed E-state index contributed by atoms with van der Waals surface area (Å²) in [4.78, 5) is 0. The molecule has 5 nitrogen and oxygen atoms in total. The van der Waals surface area contributed by atoms with Crippen molar-refractivity contribution in [1.82, 2.24) is 0 Å². The van der Waals surface area contributed by atoms with Crippen LogP contribution in [-0.4, -0.2) is 62.6 Å². The lowest BCUT2D eigenvalue weighted by molar-refractivity contribution is -0.212. The second-order valence-corrected chi connectivity index (χ2v) is 5.44. The van der Waals surface area contributed by atoms with E-state index >= 15 is 0 Å². The minimum atomic E-state index is -0.678. The van der Waals surface area contributed by atoms with Crippen molar-refractivity contribution in [3.8, 4) is 0 Å². The average molecular weight is 260 g/mol. The molecule has 0 amide bonds. The van der Waals surface area contributed by atoms with E-state index in [1.54, 1.807) is 21.1 Å². The first-order valence-electron chi connectivity index (χ1n) is 6.56. The summed E-state index contributed by atoms with van der Waals surface area (Å²) in [6.45, 7) is 3.37. The van der Waals surface area contributed by atoms with Gasteiger partial charge in [-0.05, 0) is 19.8 Å². The Labute approximate surface area is 108 Å². The first-order valence-corrected chi connectivity index (χ1v) is 6.56. The summed E-state index contributed by atoms with van der Waals surface area (Å²) in [5, 5.41) is 10.1. The van der Waals surface area contributed by atoms with E-state index in [0.717, 1.165) is 19.4 Å². The molecular formula is C13H24O5. The molecule has 2 aliphatic rings. The van der Waals surface area contributed by atoms with Crippen LogP contribution < -0.4 is 0 Å². The van der Waals surface area contributed by atoms with Crippen molar-refractivity contribution in [3.05, 3.63) is 0 Å². The predicted octanol–water partition coefficient (Wildman–Crippen LogP) is 0.737. The Morgan fingerprint density at radius 1 is 1.33 bits per heavy atom. The number of rotatable bonds is 5. The molecule has 0 aliphatic carbocycles. The molecule has 1 N–H and O–H groups in total. The summed E-state index contributed by atoms with van der Waals surface area (Å²) in [7, 11) is 3.29. The summed E-state index contributed by atoms with van der Waals surface area (Å²) in [5.41, 5.74) is -1.11. The van der Waals surface area contributed by atoms with E-state index in [1.165, 1.54) is 0 Å². The lowest BCUT2D eigenvalue weighted by Gasteiger charge is -2.39. The molecule has 2 rings (SSSR count). The molecule has 18 heavy (non-hydrogen) atoms. The zero-order valence-corrected chi connectivity index (χ0v) is 11.5. The van der Waals surface area contributed by atoms with E-state index in [0.29, 0.717) is 19.6 Å². The van der Waals surface area contributed by atoms with Gasteiger partial charge in [0, 0.05) is 27.2 Å². The average Bonchev–Trinajstić information content (AvgIpc) is 2.65. The molecule has 0 spiro atoms. The van der Waals surface area contributed by atoms with Crippen LogP contribution in [0.5, 0.6) is 0 Å². The number of fused-ring (bicyclic) bond motifs is 1. The van der Waals surface area contributed by atoms with E-state index in [9.17, 15) is 5.11 Å². The molecule has 0 bridgehead atoms. The van der Waals surface area contributed by atoms with Crippen molar-refractivity contribution in [2.75, 3.05) is 34.0 Å². The summed E-state index contributed by atoms with van der Waals surface area (Å²) in [6, 6.07) is 0. The predicted molar refractivity (Wildman–Crippen MR) is 65.6 cm³/mol. The zero-order valence-electron chi connectivity index (χ0n) is 11.5. The highest BCUT2D eigenvalue weighted by atomic mass is 16.6. The Morgan fingerprint density at radius 3 is 2.67 bits per heavy atom. The molecule has 0 unspecified atom stereocenters. The van der Waals surface area contributed by atoms with E-state index in [2.05, 4.69) is 0 Å². The molecule has 0 saturated carbocycles. The lowest BCUT2D eigenvalue weighted by atomic mass is 9.86. The fraction of sp³-hybridized carbons (Fsp3) is 1.00. The van der Waals surface area contributed by atoms with Gasteiger partial charge >= 0.3 is 0 Å². The molecule has 0 aromatic carbocycles. The first kappa shape index (κ1) is 14.2. The smallest absolute Gasteiger partial charge is 0.120 e. The van der Waals surface area contributed by atoms with Crippen molar-refractivity contribution in [3.63, 3.8) is 0 Å². The largest absolute Gasteiger partial charge is 0.390 e. The molecular weight excluding hydrogens is 236 g/mol. The number of hydrogen-bond donors (Lipinski definition) is 1. The maximum Gasteiger partial charge on any atom is 0.120 e. The highest BCUT2D eigenvalue weighted by Crippen LogP contribution is 2.46. The second kappa shape index (κ2) is 5.43.